The highest BCUT2D eigenvalue weighted by atomic mass is 16.2. The second-order valence-corrected chi connectivity index (χ2v) is 5.61. The van der Waals surface area contributed by atoms with Crippen LogP contribution in [0.1, 0.15) is 23.6 Å². The number of anilines is 1. The van der Waals surface area contributed by atoms with Gasteiger partial charge in [-0.1, -0.05) is 24.3 Å². The van der Waals surface area contributed by atoms with Crippen molar-refractivity contribution in [3.8, 4) is 5.95 Å². The van der Waals surface area contributed by atoms with Crippen molar-refractivity contribution in [1.29, 1.82) is 0 Å². The molecule has 1 aromatic carbocycles. The summed E-state index contributed by atoms with van der Waals surface area (Å²) in [6.07, 6.45) is 8.44. The number of nitrogens with zero attached hydrogens (tertiary/aromatic N) is 4. The number of urea groups is 1. The highest BCUT2D eigenvalue weighted by molar-refractivity contribution is 5.89. The Bertz CT molecular complexity index is 860. The van der Waals surface area contributed by atoms with Crippen molar-refractivity contribution < 1.29 is 4.79 Å². The normalized spacial score (nSPS) is 15.8. The Morgan fingerprint density at radius 1 is 1.17 bits per heavy atom. The second-order valence-electron chi connectivity index (χ2n) is 5.61. The van der Waals surface area contributed by atoms with E-state index >= 15 is 0 Å². The van der Waals surface area contributed by atoms with Crippen LogP contribution < -0.4 is 10.6 Å². The lowest BCUT2D eigenvalue weighted by Gasteiger charge is -2.14. The molecule has 4 rings (SSSR count). The highest BCUT2D eigenvalue weighted by Crippen LogP contribution is 2.30. The molecule has 2 heterocycles. The number of aromatic nitrogens is 4. The first kappa shape index (κ1) is 14.4. The van der Waals surface area contributed by atoms with E-state index in [2.05, 4.69) is 37.8 Å². The van der Waals surface area contributed by atoms with Crippen LogP contribution in [0.2, 0.25) is 0 Å². The van der Waals surface area contributed by atoms with Crippen LogP contribution in [0, 0.1) is 0 Å². The van der Waals surface area contributed by atoms with Crippen LogP contribution in [-0.4, -0.2) is 25.8 Å². The molecule has 0 unspecified atom stereocenters. The molecule has 0 radical (unpaired) electrons. The van der Waals surface area contributed by atoms with Crippen molar-refractivity contribution in [3.63, 3.8) is 0 Å². The molecule has 0 bridgehead atoms. The molecule has 7 nitrogen and oxygen atoms in total. The van der Waals surface area contributed by atoms with Crippen LogP contribution in [0.25, 0.3) is 5.95 Å². The zero-order chi connectivity index (χ0) is 16.4. The van der Waals surface area contributed by atoms with E-state index in [-0.39, 0.29) is 12.1 Å². The van der Waals surface area contributed by atoms with Gasteiger partial charge in [0, 0.05) is 12.4 Å². The maximum absolute atomic E-state index is 12.2. The zero-order valence-corrected chi connectivity index (χ0v) is 12.9. The molecule has 3 aromatic rings. The van der Waals surface area contributed by atoms with Crippen LogP contribution in [0.4, 0.5) is 10.5 Å². The quantitative estimate of drug-likeness (QED) is 0.776. The summed E-state index contributed by atoms with van der Waals surface area (Å²) in [5.41, 5.74) is 3.09. The molecule has 7 heteroatoms. The van der Waals surface area contributed by atoms with Crippen molar-refractivity contribution >= 4 is 11.7 Å². The summed E-state index contributed by atoms with van der Waals surface area (Å²) in [6.45, 7) is 0. The Labute approximate surface area is 138 Å². The molecule has 0 fully saturated rings. The smallest absolute Gasteiger partial charge is 0.319 e. The molecule has 24 heavy (non-hydrogen) atoms. The fraction of sp³-hybridized carbons (Fsp3) is 0.176. The fourth-order valence-electron chi connectivity index (χ4n) is 2.94. The molecule has 0 spiro atoms. The van der Waals surface area contributed by atoms with E-state index in [0.717, 1.165) is 12.8 Å². The summed E-state index contributed by atoms with van der Waals surface area (Å²) < 4.78 is 1.51. The van der Waals surface area contributed by atoms with E-state index < -0.39 is 0 Å². The summed E-state index contributed by atoms with van der Waals surface area (Å²) in [5.74, 6) is 0.454. The summed E-state index contributed by atoms with van der Waals surface area (Å²) in [4.78, 5) is 20.5. The SMILES string of the molecule is O=C(Nc1cnn(-c2ncccn2)c1)N[C@@H]1CCc2ccccc21. The number of hydrogen-bond acceptors (Lipinski definition) is 4. The Morgan fingerprint density at radius 3 is 2.88 bits per heavy atom. The number of benzene rings is 1. The van der Waals surface area contributed by atoms with Gasteiger partial charge in [-0.15, -0.1) is 0 Å². The first-order valence-electron chi connectivity index (χ1n) is 7.77. The van der Waals surface area contributed by atoms with Crippen molar-refractivity contribution in [2.24, 2.45) is 0 Å². The fourth-order valence-corrected chi connectivity index (χ4v) is 2.94. The molecule has 1 aliphatic rings. The van der Waals surface area contributed by atoms with Gasteiger partial charge in [-0.2, -0.15) is 5.10 Å². The number of amides is 2. The minimum Gasteiger partial charge on any atom is -0.331 e. The molecule has 2 amide bonds. The monoisotopic (exact) mass is 320 g/mol. The summed E-state index contributed by atoms with van der Waals surface area (Å²) in [5, 5.41) is 9.97. The standard InChI is InChI=1S/C17H16N6O/c24-17(22-15-7-6-12-4-1-2-5-14(12)15)21-13-10-20-23(11-13)16-18-8-3-9-19-16/h1-5,8-11,15H,6-7H2,(H2,21,22,24)/t15-/m1/s1. The molecule has 0 saturated heterocycles. The second kappa shape index (κ2) is 6.11. The average Bonchev–Trinajstić information content (AvgIpc) is 3.23. The zero-order valence-electron chi connectivity index (χ0n) is 12.9. The molecule has 0 saturated carbocycles. The van der Waals surface area contributed by atoms with Crippen molar-refractivity contribution in [3.05, 3.63) is 66.2 Å². The third-order valence-electron chi connectivity index (χ3n) is 4.04. The van der Waals surface area contributed by atoms with E-state index in [1.165, 1.54) is 15.8 Å². The molecule has 120 valence electrons. The first-order chi connectivity index (χ1) is 11.8. The summed E-state index contributed by atoms with van der Waals surface area (Å²) in [6, 6.07) is 9.75. The number of fused-ring (bicyclic) bond motifs is 1. The van der Waals surface area contributed by atoms with E-state index in [9.17, 15) is 4.79 Å². The van der Waals surface area contributed by atoms with Crippen molar-refractivity contribution in [2.75, 3.05) is 5.32 Å². The van der Waals surface area contributed by atoms with Crippen LogP contribution in [-0.2, 0) is 6.42 Å². The minimum absolute atomic E-state index is 0.0497. The Hall–Kier alpha value is -3.22. The van der Waals surface area contributed by atoms with Crippen molar-refractivity contribution in [2.45, 2.75) is 18.9 Å². The predicted molar refractivity (Wildman–Crippen MR) is 88.8 cm³/mol. The molecular formula is C17H16N6O. The van der Waals surface area contributed by atoms with Gasteiger partial charge in [0.15, 0.2) is 0 Å². The third kappa shape index (κ3) is 2.83. The van der Waals surface area contributed by atoms with Crippen LogP contribution >= 0.6 is 0 Å². The van der Waals surface area contributed by atoms with Gasteiger partial charge in [-0.05, 0) is 30.0 Å². The number of hydrogen-bond donors (Lipinski definition) is 2. The van der Waals surface area contributed by atoms with Gasteiger partial charge >= 0.3 is 6.03 Å². The molecule has 0 aliphatic heterocycles. The highest BCUT2D eigenvalue weighted by Gasteiger charge is 2.23. The van der Waals surface area contributed by atoms with Gasteiger partial charge in [-0.3, -0.25) is 0 Å². The minimum atomic E-state index is -0.245. The van der Waals surface area contributed by atoms with Gasteiger partial charge in [0.2, 0.25) is 5.95 Å². The third-order valence-corrected chi connectivity index (χ3v) is 4.04. The van der Waals surface area contributed by atoms with Crippen LogP contribution in [0.5, 0.6) is 0 Å². The van der Waals surface area contributed by atoms with E-state index in [4.69, 9.17) is 0 Å². The Kier molecular flexibility index (Phi) is 3.66. The lowest BCUT2D eigenvalue weighted by Crippen LogP contribution is -2.31. The van der Waals surface area contributed by atoms with Gasteiger partial charge in [0.25, 0.3) is 0 Å². The summed E-state index contributed by atoms with van der Waals surface area (Å²) >= 11 is 0. The summed E-state index contributed by atoms with van der Waals surface area (Å²) in [7, 11) is 0. The molecular weight excluding hydrogens is 304 g/mol. The molecule has 1 atom stereocenters. The number of carbonyl (C=O) groups is 1. The van der Waals surface area contributed by atoms with Gasteiger partial charge in [0.1, 0.15) is 0 Å². The lowest BCUT2D eigenvalue weighted by atomic mass is 10.1. The van der Waals surface area contributed by atoms with E-state index in [1.807, 2.05) is 12.1 Å². The largest absolute Gasteiger partial charge is 0.331 e. The first-order valence-corrected chi connectivity index (χ1v) is 7.77. The number of aryl methyl sites for hydroxylation is 1. The van der Waals surface area contributed by atoms with Crippen LogP contribution in [0.3, 0.4) is 0 Å². The predicted octanol–water partition coefficient (Wildman–Crippen LogP) is 2.47. The van der Waals surface area contributed by atoms with Gasteiger partial charge < -0.3 is 10.6 Å². The Balaban J connectivity index is 1.42. The van der Waals surface area contributed by atoms with E-state index in [0.29, 0.717) is 11.6 Å². The van der Waals surface area contributed by atoms with Crippen LogP contribution in [0.15, 0.2) is 55.1 Å². The topological polar surface area (TPSA) is 84.7 Å². The van der Waals surface area contributed by atoms with Crippen molar-refractivity contribution in [1.82, 2.24) is 25.1 Å². The number of carbonyl (C=O) groups excluding carboxylic acids is 1. The lowest BCUT2D eigenvalue weighted by molar-refractivity contribution is 0.248. The van der Waals surface area contributed by atoms with E-state index in [1.54, 1.807) is 30.9 Å². The molecule has 1 aliphatic carbocycles. The van der Waals surface area contributed by atoms with Gasteiger partial charge in [-0.25, -0.2) is 19.4 Å². The number of nitrogens with one attached hydrogen (secondary N) is 2. The molecule has 2 aromatic heterocycles. The maximum atomic E-state index is 12.2. The molecule has 2 N–H and O–H groups in total. The maximum Gasteiger partial charge on any atom is 0.319 e. The average molecular weight is 320 g/mol. The van der Waals surface area contributed by atoms with Gasteiger partial charge in [0.05, 0.1) is 24.1 Å². The number of rotatable bonds is 3. The Morgan fingerprint density at radius 2 is 2.00 bits per heavy atom.